The number of fused-ring (bicyclic) bond motifs is 1. The summed E-state index contributed by atoms with van der Waals surface area (Å²) in [5.74, 6) is -2.60. The zero-order valence-corrected chi connectivity index (χ0v) is 7.03. The summed E-state index contributed by atoms with van der Waals surface area (Å²) in [6, 6.07) is 6.41. The molecule has 0 spiro atoms. The number of benzene rings is 1. The average molecular weight is 193 g/mol. The quantitative estimate of drug-likeness (QED) is 0.566. The molecule has 1 aromatic rings. The SMILES string of the molecule is O.O=C1Nc2ccccc2C(=O)C1=O. The van der Waals surface area contributed by atoms with Gasteiger partial charge in [0.25, 0.3) is 11.7 Å². The molecule has 5 heteroatoms. The Labute approximate surface area is 79.0 Å². The van der Waals surface area contributed by atoms with E-state index in [9.17, 15) is 14.4 Å². The van der Waals surface area contributed by atoms with Crippen LogP contribution in [0.4, 0.5) is 5.69 Å². The van der Waals surface area contributed by atoms with Crippen LogP contribution in [-0.2, 0) is 9.59 Å². The first-order valence-electron chi connectivity index (χ1n) is 3.69. The number of ketones is 2. The smallest absolute Gasteiger partial charge is 0.300 e. The molecule has 0 aromatic heterocycles. The fourth-order valence-electron chi connectivity index (χ4n) is 1.19. The normalized spacial score (nSPS) is 14.1. The minimum absolute atomic E-state index is 0. The molecule has 1 aromatic carbocycles. The molecule has 3 N–H and O–H groups in total. The maximum Gasteiger partial charge on any atom is 0.300 e. The Morgan fingerprint density at radius 1 is 0.929 bits per heavy atom. The highest BCUT2D eigenvalue weighted by atomic mass is 16.2. The van der Waals surface area contributed by atoms with Gasteiger partial charge in [-0.3, -0.25) is 14.4 Å². The van der Waals surface area contributed by atoms with Crippen LogP contribution in [0.15, 0.2) is 24.3 Å². The van der Waals surface area contributed by atoms with Crippen molar-refractivity contribution in [3.63, 3.8) is 0 Å². The van der Waals surface area contributed by atoms with Crippen molar-refractivity contribution in [2.45, 2.75) is 0 Å². The first kappa shape index (κ1) is 10.1. The van der Waals surface area contributed by atoms with Crippen molar-refractivity contribution in [1.29, 1.82) is 0 Å². The summed E-state index contributed by atoms with van der Waals surface area (Å²) >= 11 is 0. The molecule has 0 aliphatic carbocycles. The molecule has 1 amide bonds. The van der Waals surface area contributed by atoms with Gasteiger partial charge in [-0.25, -0.2) is 0 Å². The topological polar surface area (TPSA) is 94.7 Å². The third-order valence-electron chi connectivity index (χ3n) is 1.83. The standard InChI is InChI=1S/C9H5NO3.H2O/c11-7-5-3-1-2-4-6(5)10-9(13)8(7)12;/h1-4H,(H,10,13);1H2. The largest absolute Gasteiger partial charge is 0.412 e. The van der Waals surface area contributed by atoms with E-state index in [1.165, 1.54) is 6.07 Å². The molecule has 0 unspecified atom stereocenters. The molecule has 0 fully saturated rings. The van der Waals surface area contributed by atoms with Gasteiger partial charge in [0.1, 0.15) is 0 Å². The van der Waals surface area contributed by atoms with E-state index in [0.717, 1.165) is 0 Å². The molecule has 0 atom stereocenters. The fraction of sp³-hybridized carbons (Fsp3) is 0. The highest BCUT2D eigenvalue weighted by molar-refractivity contribution is 6.70. The van der Waals surface area contributed by atoms with Crippen LogP contribution >= 0.6 is 0 Å². The predicted molar refractivity (Wildman–Crippen MR) is 48.0 cm³/mol. The van der Waals surface area contributed by atoms with E-state index < -0.39 is 17.5 Å². The number of Topliss-reactive ketones (excluding diaryl/α,β-unsaturated/α-hetero) is 2. The van der Waals surface area contributed by atoms with Gasteiger partial charge in [0.15, 0.2) is 0 Å². The molecule has 5 nitrogen and oxygen atoms in total. The van der Waals surface area contributed by atoms with Gasteiger partial charge in [-0.2, -0.15) is 0 Å². The first-order chi connectivity index (χ1) is 6.20. The van der Waals surface area contributed by atoms with Crippen molar-refractivity contribution in [3.8, 4) is 0 Å². The van der Waals surface area contributed by atoms with E-state index in [4.69, 9.17) is 0 Å². The lowest BCUT2D eigenvalue weighted by molar-refractivity contribution is -0.132. The van der Waals surface area contributed by atoms with E-state index in [-0.39, 0.29) is 11.0 Å². The van der Waals surface area contributed by atoms with Crippen molar-refractivity contribution in [3.05, 3.63) is 29.8 Å². The monoisotopic (exact) mass is 193 g/mol. The van der Waals surface area contributed by atoms with Gasteiger partial charge in [0.05, 0.1) is 5.69 Å². The number of carbonyl (C=O) groups is 3. The third-order valence-corrected chi connectivity index (χ3v) is 1.83. The molecule has 1 heterocycles. The molecule has 1 aliphatic rings. The van der Waals surface area contributed by atoms with Gasteiger partial charge in [0.2, 0.25) is 5.78 Å². The number of anilines is 1. The molecule has 0 bridgehead atoms. The van der Waals surface area contributed by atoms with E-state index in [2.05, 4.69) is 5.32 Å². The van der Waals surface area contributed by atoms with E-state index in [0.29, 0.717) is 5.69 Å². The number of amides is 1. The van der Waals surface area contributed by atoms with Crippen LogP contribution in [0, 0.1) is 0 Å². The molecule has 72 valence electrons. The van der Waals surface area contributed by atoms with Gasteiger partial charge in [-0.1, -0.05) is 12.1 Å². The van der Waals surface area contributed by atoms with Crippen LogP contribution in [0.5, 0.6) is 0 Å². The summed E-state index contributed by atoms with van der Waals surface area (Å²) in [6.07, 6.45) is 0. The summed E-state index contributed by atoms with van der Waals surface area (Å²) in [7, 11) is 0. The lowest BCUT2D eigenvalue weighted by Crippen LogP contribution is -2.35. The third kappa shape index (κ3) is 1.29. The highest BCUT2D eigenvalue weighted by Crippen LogP contribution is 2.19. The predicted octanol–water partition coefficient (Wildman–Crippen LogP) is -0.434. The maximum absolute atomic E-state index is 11.2. The number of hydrogen-bond donors (Lipinski definition) is 1. The average Bonchev–Trinajstić information content (AvgIpc) is 2.15. The Hall–Kier alpha value is -2.01. The molecule has 14 heavy (non-hydrogen) atoms. The van der Waals surface area contributed by atoms with E-state index in [1.54, 1.807) is 18.2 Å². The van der Waals surface area contributed by atoms with Crippen LogP contribution in [-0.4, -0.2) is 22.9 Å². The Kier molecular flexibility index (Phi) is 2.44. The second-order valence-corrected chi connectivity index (χ2v) is 2.66. The minimum Gasteiger partial charge on any atom is -0.412 e. The molecule has 0 saturated heterocycles. The lowest BCUT2D eigenvalue weighted by atomic mass is 10.0. The Morgan fingerprint density at radius 2 is 1.57 bits per heavy atom. The van der Waals surface area contributed by atoms with Crippen molar-refractivity contribution in [2.24, 2.45) is 0 Å². The number of para-hydroxylation sites is 1. The Bertz CT molecular complexity index is 425. The van der Waals surface area contributed by atoms with Crippen molar-refractivity contribution >= 4 is 23.2 Å². The van der Waals surface area contributed by atoms with Gasteiger partial charge in [-0.15, -0.1) is 0 Å². The van der Waals surface area contributed by atoms with Crippen LogP contribution in [0.25, 0.3) is 0 Å². The number of nitrogens with one attached hydrogen (secondary N) is 1. The highest BCUT2D eigenvalue weighted by Gasteiger charge is 2.31. The number of hydrogen-bond acceptors (Lipinski definition) is 3. The van der Waals surface area contributed by atoms with Gasteiger partial charge in [0, 0.05) is 5.56 Å². The summed E-state index contributed by atoms with van der Waals surface area (Å²) in [6.45, 7) is 0. The van der Waals surface area contributed by atoms with E-state index in [1.807, 2.05) is 0 Å². The minimum atomic E-state index is -1.00. The van der Waals surface area contributed by atoms with Gasteiger partial charge < -0.3 is 10.8 Å². The molecule has 0 radical (unpaired) electrons. The lowest BCUT2D eigenvalue weighted by Gasteiger charge is -2.13. The summed E-state index contributed by atoms with van der Waals surface area (Å²) in [5.41, 5.74) is 0.657. The van der Waals surface area contributed by atoms with Crippen LogP contribution in [0.3, 0.4) is 0 Å². The first-order valence-corrected chi connectivity index (χ1v) is 3.69. The molecule has 1 aliphatic heterocycles. The zero-order valence-electron chi connectivity index (χ0n) is 7.03. The molecular formula is C9H7NO4. The molecular weight excluding hydrogens is 186 g/mol. The number of carbonyl (C=O) groups excluding carboxylic acids is 3. The van der Waals surface area contributed by atoms with Gasteiger partial charge in [-0.05, 0) is 12.1 Å². The van der Waals surface area contributed by atoms with Crippen molar-refractivity contribution in [2.75, 3.05) is 5.32 Å². The molecule has 0 saturated carbocycles. The zero-order chi connectivity index (χ0) is 9.42. The summed E-state index contributed by atoms with van der Waals surface area (Å²) in [4.78, 5) is 33.0. The van der Waals surface area contributed by atoms with Crippen LogP contribution < -0.4 is 5.32 Å². The summed E-state index contributed by atoms with van der Waals surface area (Å²) in [5, 5.41) is 2.33. The second kappa shape index (κ2) is 3.39. The number of rotatable bonds is 0. The van der Waals surface area contributed by atoms with Crippen LogP contribution in [0.2, 0.25) is 0 Å². The van der Waals surface area contributed by atoms with Crippen LogP contribution in [0.1, 0.15) is 10.4 Å². The van der Waals surface area contributed by atoms with Gasteiger partial charge >= 0.3 is 0 Å². The van der Waals surface area contributed by atoms with Crippen molar-refractivity contribution in [1.82, 2.24) is 0 Å². The Balaban J connectivity index is 0.000000980. The fourth-order valence-corrected chi connectivity index (χ4v) is 1.19. The second-order valence-electron chi connectivity index (χ2n) is 2.66. The van der Waals surface area contributed by atoms with E-state index >= 15 is 0 Å². The maximum atomic E-state index is 11.2. The summed E-state index contributed by atoms with van der Waals surface area (Å²) < 4.78 is 0. The van der Waals surface area contributed by atoms with Crippen molar-refractivity contribution < 1.29 is 19.9 Å². The Morgan fingerprint density at radius 3 is 2.29 bits per heavy atom. The molecule has 2 rings (SSSR count).